The quantitative estimate of drug-likeness (QED) is 0.0414. The van der Waals surface area contributed by atoms with E-state index in [4.69, 9.17) is 27.9 Å². The molecule has 0 spiro atoms. The van der Waals surface area contributed by atoms with Crippen LogP contribution in [0.2, 0.25) is 10.0 Å². The number of anilines is 1. The predicted octanol–water partition coefficient (Wildman–Crippen LogP) is 10.4. The standard InChI is InChI=1S/C42H65Cl2N5O5S/c1-6-11-16-18-21-33(54-29-15-10-5)31-41(27-19-17-20-28-41)55-39-40(45-36(50)22-12-7-2)49(53)48(35-30-32(43)25-26-34(35)44)42(39,46-37(51)23-13-8-3)47-38(52)24-14-9-4/h17,19-20,25-27,30,33,40,53H,6-16,18,21-24,28-29,31H2,1-5H3,(H2-,45,46,47,50,51,52)/p+1/t33-,40-,41-/m1/s1. The molecule has 308 valence electrons. The normalized spacial score (nSPS) is 19.8. The fraction of sp³-hybridized carbons (Fsp3) is 0.667. The van der Waals surface area contributed by atoms with Crippen LogP contribution in [0.25, 0.3) is 0 Å². The number of amides is 3. The summed E-state index contributed by atoms with van der Waals surface area (Å²) >= 11 is 14.9. The Balaban J connectivity index is 2.30. The van der Waals surface area contributed by atoms with Gasteiger partial charge in [0.1, 0.15) is 0 Å². The van der Waals surface area contributed by atoms with Crippen LogP contribution in [0.4, 0.5) is 5.69 Å². The zero-order valence-electron chi connectivity index (χ0n) is 33.8. The number of hydrazine groups is 1. The summed E-state index contributed by atoms with van der Waals surface area (Å²) in [6, 6.07) is 4.81. The van der Waals surface area contributed by atoms with Crippen molar-refractivity contribution in [2.24, 2.45) is 0 Å². The number of hydrogen-bond acceptors (Lipinski definition) is 8. The lowest BCUT2D eigenvalue weighted by molar-refractivity contribution is -0.144. The molecule has 1 aliphatic carbocycles. The van der Waals surface area contributed by atoms with Crippen LogP contribution in [0.15, 0.2) is 42.5 Å². The van der Waals surface area contributed by atoms with E-state index in [1.807, 2.05) is 32.9 Å². The molecule has 1 aromatic carbocycles. The van der Waals surface area contributed by atoms with Gasteiger partial charge in [0.15, 0.2) is 0 Å². The molecule has 3 amide bonds. The first-order chi connectivity index (χ1) is 26.5. The zero-order valence-corrected chi connectivity index (χ0v) is 36.1. The van der Waals surface area contributed by atoms with Gasteiger partial charge in [-0.05, 0) is 68.3 Å². The number of carbonyl (C=O) groups is 3. The molecule has 1 fully saturated rings. The number of allylic oxidation sites excluding steroid dienone is 3. The maximum atomic E-state index is 14.1. The highest BCUT2D eigenvalue weighted by Crippen LogP contribution is 2.54. The number of unbranched alkanes of at least 4 members (excludes halogenated alkanes) is 7. The van der Waals surface area contributed by atoms with Crippen molar-refractivity contribution in [3.8, 4) is 0 Å². The minimum atomic E-state index is -1.88. The fourth-order valence-electron chi connectivity index (χ4n) is 6.85. The molecule has 1 aliphatic heterocycles. The molecule has 3 atom stereocenters. The SMILES string of the molecule is CCCCCC[C@H](C[C@@]1(S[C+]2[C@H](NC(=O)CCCC)N(O)N(c3cc(Cl)ccc3Cl)C2(NC(=O)CCCC)NC(=O)CCCC)C=CC=CC1)OCCCC. The molecule has 1 saturated heterocycles. The lowest BCUT2D eigenvalue weighted by Crippen LogP contribution is -2.71. The third-order valence-electron chi connectivity index (χ3n) is 9.93. The van der Waals surface area contributed by atoms with Crippen LogP contribution in [0.1, 0.15) is 150 Å². The minimum Gasteiger partial charge on any atom is -0.378 e. The van der Waals surface area contributed by atoms with E-state index in [0.29, 0.717) is 49.0 Å². The number of rotatable bonds is 26. The van der Waals surface area contributed by atoms with Crippen LogP contribution in [0, 0.1) is 5.25 Å². The Morgan fingerprint density at radius 2 is 1.49 bits per heavy atom. The van der Waals surface area contributed by atoms with Gasteiger partial charge >= 0.3 is 5.79 Å². The second-order valence-corrected chi connectivity index (χ2v) is 17.0. The van der Waals surface area contributed by atoms with E-state index in [9.17, 15) is 19.6 Å². The number of nitrogens with one attached hydrogen (secondary N) is 3. The van der Waals surface area contributed by atoms with Crippen molar-refractivity contribution in [2.75, 3.05) is 11.6 Å². The molecule has 0 bridgehead atoms. The Morgan fingerprint density at radius 3 is 2.07 bits per heavy atom. The van der Waals surface area contributed by atoms with E-state index in [0.717, 1.165) is 69.4 Å². The molecule has 0 aromatic heterocycles. The van der Waals surface area contributed by atoms with E-state index in [-0.39, 0.29) is 53.8 Å². The van der Waals surface area contributed by atoms with Gasteiger partial charge < -0.3 is 4.74 Å². The highest BCUT2D eigenvalue weighted by atomic mass is 35.5. The highest BCUT2D eigenvalue weighted by molar-refractivity contribution is 8.03. The number of halogens is 2. The van der Waals surface area contributed by atoms with Crippen LogP contribution in [0.3, 0.4) is 0 Å². The second-order valence-electron chi connectivity index (χ2n) is 14.7. The molecule has 4 N–H and O–H groups in total. The van der Waals surface area contributed by atoms with Crippen LogP contribution in [0.5, 0.6) is 0 Å². The molecule has 0 saturated carbocycles. The van der Waals surface area contributed by atoms with Gasteiger partial charge in [0.05, 0.1) is 33.3 Å². The summed E-state index contributed by atoms with van der Waals surface area (Å²) < 4.78 is 5.97. The van der Waals surface area contributed by atoms with E-state index in [1.165, 1.54) is 16.8 Å². The molecule has 3 rings (SSSR count). The van der Waals surface area contributed by atoms with Gasteiger partial charge in [-0.25, -0.2) is 0 Å². The summed E-state index contributed by atoms with van der Waals surface area (Å²) in [6.45, 7) is 11.0. The molecule has 55 heavy (non-hydrogen) atoms. The molecule has 1 heterocycles. The van der Waals surface area contributed by atoms with Crippen LogP contribution in [-0.2, 0) is 19.1 Å². The number of nitrogens with zero attached hydrogens (tertiary/aromatic N) is 2. The van der Waals surface area contributed by atoms with Crippen molar-refractivity contribution in [3.05, 3.63) is 57.8 Å². The number of hydroxylamine groups is 1. The van der Waals surface area contributed by atoms with E-state index < -0.39 is 16.7 Å². The van der Waals surface area contributed by atoms with Gasteiger partial charge in [0, 0.05) is 30.9 Å². The smallest absolute Gasteiger partial charge is 0.376 e. The first kappa shape index (κ1) is 47.0. The van der Waals surface area contributed by atoms with E-state index >= 15 is 0 Å². The summed E-state index contributed by atoms with van der Waals surface area (Å²) in [7, 11) is 0. The van der Waals surface area contributed by atoms with Gasteiger partial charge in [-0.1, -0.05) is 133 Å². The average Bonchev–Trinajstić information content (AvgIpc) is 3.36. The summed E-state index contributed by atoms with van der Waals surface area (Å²) in [6.07, 6.45) is 20.4. The molecular weight excluding hydrogens is 757 g/mol. The molecule has 2 aliphatic rings. The van der Waals surface area contributed by atoms with Gasteiger partial charge in [-0.3, -0.25) is 35.5 Å². The van der Waals surface area contributed by atoms with Crippen molar-refractivity contribution in [3.63, 3.8) is 0 Å². The van der Waals surface area contributed by atoms with Crippen LogP contribution < -0.4 is 21.0 Å². The van der Waals surface area contributed by atoms with Crippen molar-refractivity contribution < 1.29 is 24.3 Å². The Bertz CT molecular complexity index is 1390. The zero-order chi connectivity index (χ0) is 40.3. The Hall–Kier alpha value is -2.41. The van der Waals surface area contributed by atoms with Crippen molar-refractivity contribution in [2.45, 2.75) is 173 Å². The number of ether oxygens (including phenoxy) is 1. The van der Waals surface area contributed by atoms with Crippen molar-refractivity contribution in [1.82, 2.24) is 21.1 Å². The summed E-state index contributed by atoms with van der Waals surface area (Å²) in [4.78, 5) is 41.8. The predicted molar refractivity (Wildman–Crippen MR) is 227 cm³/mol. The number of carbonyl (C=O) groups excluding carboxylic acids is 3. The monoisotopic (exact) mass is 822 g/mol. The van der Waals surface area contributed by atoms with E-state index in [1.54, 1.807) is 18.2 Å². The summed E-state index contributed by atoms with van der Waals surface area (Å²) in [5.41, 5.74) is 0.233. The third-order valence-corrected chi connectivity index (χ3v) is 12.1. The maximum absolute atomic E-state index is 14.1. The van der Waals surface area contributed by atoms with Gasteiger partial charge in [0.25, 0.3) is 11.4 Å². The molecule has 10 nitrogen and oxygen atoms in total. The highest BCUT2D eigenvalue weighted by Gasteiger charge is 2.74. The minimum absolute atomic E-state index is 0.0666. The third kappa shape index (κ3) is 13.9. The Morgan fingerprint density at radius 1 is 0.873 bits per heavy atom. The molecule has 0 radical (unpaired) electrons. The summed E-state index contributed by atoms with van der Waals surface area (Å²) in [5.74, 6) is -2.84. The molecule has 0 unspecified atom stereocenters. The van der Waals surface area contributed by atoms with Gasteiger partial charge in [-0.2, -0.15) is 5.01 Å². The Kier molecular flexibility index (Phi) is 20.8. The largest absolute Gasteiger partial charge is 0.378 e. The van der Waals surface area contributed by atoms with Crippen molar-refractivity contribution in [1.29, 1.82) is 0 Å². The second kappa shape index (κ2) is 24.4. The first-order valence-electron chi connectivity index (χ1n) is 20.7. The fourth-order valence-corrected chi connectivity index (χ4v) is 8.85. The molecule has 1 aromatic rings. The van der Waals surface area contributed by atoms with Gasteiger partial charge in [-0.15, -0.1) is 0 Å². The Labute approximate surface area is 344 Å². The number of hydrogen-bond donors (Lipinski definition) is 4. The van der Waals surface area contributed by atoms with Gasteiger partial charge in [0.2, 0.25) is 17.7 Å². The van der Waals surface area contributed by atoms with E-state index in [2.05, 4.69) is 41.9 Å². The maximum Gasteiger partial charge on any atom is 0.376 e. The van der Waals surface area contributed by atoms with Crippen molar-refractivity contribution >= 4 is 58.4 Å². The topological polar surface area (TPSA) is 123 Å². The average molecular weight is 824 g/mol. The lowest BCUT2D eigenvalue weighted by Gasteiger charge is -2.38. The molecular formula is C42H66Cl2N5O5S+. The number of benzene rings is 1. The van der Waals surface area contributed by atoms with Crippen LogP contribution >= 0.6 is 35.0 Å². The lowest BCUT2D eigenvalue weighted by atomic mass is 9.91. The molecule has 13 heteroatoms. The summed E-state index contributed by atoms with van der Waals surface area (Å²) in [5, 5.41) is 25.1. The first-order valence-corrected chi connectivity index (χ1v) is 22.2. The number of thioether (sulfide) groups is 1. The van der Waals surface area contributed by atoms with Crippen LogP contribution in [-0.4, -0.2) is 57.5 Å².